The van der Waals surface area contributed by atoms with Crippen LogP contribution in [0, 0.1) is 0 Å². The molecule has 3 heteroatoms. The highest BCUT2D eigenvalue weighted by Gasteiger charge is 2.04. The van der Waals surface area contributed by atoms with E-state index < -0.39 is 0 Å². The molecule has 1 atom stereocenters. The third-order valence-electron chi connectivity index (χ3n) is 2.46. The molecule has 0 bridgehead atoms. The summed E-state index contributed by atoms with van der Waals surface area (Å²) in [5, 5.41) is 9.62. The molecule has 0 aliphatic carbocycles. The fourth-order valence-electron chi connectivity index (χ4n) is 1.37. The number of likely N-dealkylation sites (N-methyl/N-ethyl adjacent to an activating group) is 1. The Hall–Kier alpha value is -1.06. The average molecular weight is 223 g/mol. The predicted molar refractivity (Wildman–Crippen MR) is 65.7 cm³/mol. The Morgan fingerprint density at radius 2 is 1.88 bits per heavy atom. The molecule has 3 nitrogen and oxygen atoms in total. The van der Waals surface area contributed by atoms with Crippen LogP contribution < -0.4 is 4.74 Å². The van der Waals surface area contributed by atoms with E-state index in [9.17, 15) is 5.11 Å². The minimum Gasteiger partial charge on any atom is -0.492 e. The summed E-state index contributed by atoms with van der Waals surface area (Å²) in [4.78, 5) is 2.08. The molecule has 0 aliphatic rings. The van der Waals surface area contributed by atoms with Crippen LogP contribution in [0.5, 0.6) is 5.75 Å². The Kier molecular flexibility index (Phi) is 5.29. The molecule has 0 aromatic heterocycles. The van der Waals surface area contributed by atoms with Gasteiger partial charge in [0.1, 0.15) is 12.4 Å². The van der Waals surface area contributed by atoms with Crippen LogP contribution in [0.4, 0.5) is 0 Å². The number of benzene rings is 1. The van der Waals surface area contributed by atoms with Gasteiger partial charge in [0.2, 0.25) is 0 Å². The molecule has 0 fully saturated rings. The summed E-state index contributed by atoms with van der Waals surface area (Å²) in [5.74, 6) is 0.855. The summed E-state index contributed by atoms with van der Waals surface area (Å²) in [7, 11) is 4.04. The highest BCUT2D eigenvalue weighted by atomic mass is 16.5. The maximum Gasteiger partial charge on any atom is 0.119 e. The minimum absolute atomic E-state index is 0.365. The third-order valence-corrected chi connectivity index (χ3v) is 2.46. The van der Waals surface area contributed by atoms with Crippen molar-refractivity contribution in [1.29, 1.82) is 0 Å². The van der Waals surface area contributed by atoms with Crippen molar-refractivity contribution in [2.24, 2.45) is 0 Å². The normalized spacial score (nSPS) is 12.8. The lowest BCUT2D eigenvalue weighted by atomic mass is 10.1. The monoisotopic (exact) mass is 223 g/mol. The zero-order chi connectivity index (χ0) is 12.0. The van der Waals surface area contributed by atoms with Gasteiger partial charge in [-0.15, -0.1) is 0 Å². The largest absolute Gasteiger partial charge is 0.492 e. The van der Waals surface area contributed by atoms with Gasteiger partial charge >= 0.3 is 0 Å². The molecule has 0 radical (unpaired) electrons. The summed E-state index contributed by atoms with van der Waals surface area (Å²) in [5.41, 5.74) is 0.947. The second-order valence-corrected chi connectivity index (χ2v) is 4.14. The van der Waals surface area contributed by atoms with Crippen molar-refractivity contribution >= 4 is 0 Å². The van der Waals surface area contributed by atoms with Gasteiger partial charge in [0.15, 0.2) is 0 Å². The Bertz CT molecular complexity index is 295. The van der Waals surface area contributed by atoms with E-state index in [0.29, 0.717) is 6.61 Å². The molecule has 0 heterocycles. The van der Waals surface area contributed by atoms with Crippen LogP contribution in [-0.2, 0) is 0 Å². The highest BCUT2D eigenvalue weighted by Crippen LogP contribution is 2.19. The molecule has 1 rings (SSSR count). The number of nitrogens with zero attached hydrogens (tertiary/aromatic N) is 1. The quantitative estimate of drug-likeness (QED) is 0.801. The molecule has 90 valence electrons. The van der Waals surface area contributed by atoms with Gasteiger partial charge in [0.05, 0.1) is 6.10 Å². The van der Waals surface area contributed by atoms with Gasteiger partial charge < -0.3 is 14.7 Å². The van der Waals surface area contributed by atoms with E-state index in [1.165, 1.54) is 0 Å². The van der Waals surface area contributed by atoms with Crippen LogP contribution >= 0.6 is 0 Å². The Morgan fingerprint density at radius 1 is 1.25 bits per heavy atom. The summed E-state index contributed by atoms with van der Waals surface area (Å²) in [6, 6.07) is 7.64. The fourth-order valence-corrected chi connectivity index (χ4v) is 1.37. The molecule has 1 aromatic rings. The van der Waals surface area contributed by atoms with Gasteiger partial charge in [-0.1, -0.05) is 19.1 Å². The van der Waals surface area contributed by atoms with E-state index in [0.717, 1.165) is 24.3 Å². The first-order valence-electron chi connectivity index (χ1n) is 5.69. The molecule has 1 aromatic carbocycles. The smallest absolute Gasteiger partial charge is 0.119 e. The fraction of sp³-hybridized carbons (Fsp3) is 0.538. The van der Waals surface area contributed by atoms with Crippen molar-refractivity contribution in [3.63, 3.8) is 0 Å². The minimum atomic E-state index is -0.365. The first-order chi connectivity index (χ1) is 7.63. The Morgan fingerprint density at radius 3 is 2.38 bits per heavy atom. The van der Waals surface area contributed by atoms with Crippen LogP contribution in [0.25, 0.3) is 0 Å². The van der Waals surface area contributed by atoms with Gasteiger partial charge in [0.25, 0.3) is 0 Å². The van der Waals surface area contributed by atoms with Crippen molar-refractivity contribution in [3.8, 4) is 5.75 Å². The predicted octanol–water partition coefficient (Wildman–Crippen LogP) is 2.07. The zero-order valence-corrected chi connectivity index (χ0v) is 10.3. The van der Waals surface area contributed by atoms with Gasteiger partial charge in [-0.05, 0) is 38.2 Å². The number of ether oxygens (including phenoxy) is 1. The van der Waals surface area contributed by atoms with Gasteiger partial charge in [0, 0.05) is 6.54 Å². The van der Waals surface area contributed by atoms with E-state index in [-0.39, 0.29) is 6.10 Å². The van der Waals surface area contributed by atoms with E-state index in [1.807, 2.05) is 45.3 Å². The number of rotatable bonds is 6. The van der Waals surface area contributed by atoms with Gasteiger partial charge in [-0.25, -0.2) is 0 Å². The Balaban J connectivity index is 2.45. The second kappa shape index (κ2) is 6.51. The number of aliphatic hydroxyl groups excluding tert-OH is 1. The van der Waals surface area contributed by atoms with E-state index in [1.54, 1.807) is 0 Å². The summed E-state index contributed by atoms with van der Waals surface area (Å²) >= 11 is 0. The summed E-state index contributed by atoms with van der Waals surface area (Å²) in [6.45, 7) is 3.55. The molecule has 1 N–H and O–H groups in total. The lowest BCUT2D eigenvalue weighted by Crippen LogP contribution is -2.19. The molecule has 0 amide bonds. The standard InChI is InChI=1S/C13H21NO2/c1-4-13(15)11-5-7-12(8-6-11)16-10-9-14(2)3/h5-8,13,15H,4,9-10H2,1-3H3/t13-/m0/s1. The maximum atomic E-state index is 9.62. The van der Waals surface area contributed by atoms with Crippen molar-refractivity contribution in [1.82, 2.24) is 4.90 Å². The molecule has 0 unspecified atom stereocenters. The summed E-state index contributed by atoms with van der Waals surface area (Å²) < 4.78 is 5.56. The molecule has 0 saturated carbocycles. The number of aliphatic hydroxyl groups is 1. The zero-order valence-electron chi connectivity index (χ0n) is 10.3. The lowest BCUT2D eigenvalue weighted by molar-refractivity contribution is 0.173. The molecule has 16 heavy (non-hydrogen) atoms. The maximum absolute atomic E-state index is 9.62. The number of hydrogen-bond donors (Lipinski definition) is 1. The van der Waals surface area contributed by atoms with Crippen LogP contribution in [0.15, 0.2) is 24.3 Å². The van der Waals surface area contributed by atoms with Crippen molar-refractivity contribution in [2.75, 3.05) is 27.2 Å². The van der Waals surface area contributed by atoms with Crippen molar-refractivity contribution in [2.45, 2.75) is 19.4 Å². The van der Waals surface area contributed by atoms with Crippen LogP contribution in [0.1, 0.15) is 25.0 Å². The third kappa shape index (κ3) is 4.21. The molecular weight excluding hydrogens is 202 g/mol. The van der Waals surface area contributed by atoms with Crippen LogP contribution in [0.3, 0.4) is 0 Å². The van der Waals surface area contributed by atoms with Crippen LogP contribution in [0.2, 0.25) is 0 Å². The van der Waals surface area contributed by atoms with Gasteiger partial charge in [-0.3, -0.25) is 0 Å². The van der Waals surface area contributed by atoms with Crippen molar-refractivity contribution < 1.29 is 9.84 Å². The SMILES string of the molecule is CC[C@H](O)c1ccc(OCCN(C)C)cc1. The van der Waals surface area contributed by atoms with E-state index >= 15 is 0 Å². The van der Waals surface area contributed by atoms with E-state index in [2.05, 4.69) is 4.90 Å². The van der Waals surface area contributed by atoms with E-state index in [4.69, 9.17) is 4.74 Å². The highest BCUT2D eigenvalue weighted by molar-refractivity contribution is 5.28. The van der Waals surface area contributed by atoms with Crippen molar-refractivity contribution in [3.05, 3.63) is 29.8 Å². The first-order valence-corrected chi connectivity index (χ1v) is 5.69. The Labute approximate surface area is 97.7 Å². The summed E-state index contributed by atoms with van der Waals surface area (Å²) in [6.07, 6.45) is 0.372. The topological polar surface area (TPSA) is 32.7 Å². The molecular formula is C13H21NO2. The molecule has 0 spiro atoms. The lowest BCUT2D eigenvalue weighted by Gasteiger charge is -2.12. The average Bonchev–Trinajstić information content (AvgIpc) is 2.28. The number of hydrogen-bond acceptors (Lipinski definition) is 3. The molecule has 0 saturated heterocycles. The second-order valence-electron chi connectivity index (χ2n) is 4.14. The van der Waals surface area contributed by atoms with Crippen LogP contribution in [-0.4, -0.2) is 37.3 Å². The van der Waals surface area contributed by atoms with Gasteiger partial charge in [-0.2, -0.15) is 0 Å². The first kappa shape index (κ1) is 13.0. The molecule has 0 aliphatic heterocycles.